The van der Waals surface area contributed by atoms with Crippen molar-refractivity contribution in [2.75, 3.05) is 33.7 Å². The summed E-state index contributed by atoms with van der Waals surface area (Å²) in [6.45, 7) is 2.34. The predicted octanol–water partition coefficient (Wildman–Crippen LogP) is 1.16. The predicted molar refractivity (Wildman–Crippen MR) is 85.0 cm³/mol. The molecule has 1 aliphatic heterocycles. The molecule has 1 fully saturated rings. The van der Waals surface area contributed by atoms with Gasteiger partial charge < -0.3 is 15.5 Å². The van der Waals surface area contributed by atoms with Crippen LogP contribution >= 0.6 is 0 Å². The molecule has 1 aliphatic rings. The first-order chi connectivity index (χ1) is 10.1. The van der Waals surface area contributed by atoms with Crippen molar-refractivity contribution >= 4 is 5.91 Å². The molecule has 0 aliphatic carbocycles. The lowest BCUT2D eigenvalue weighted by molar-refractivity contribution is 0.0644. The topological polar surface area (TPSA) is 49.6 Å². The van der Waals surface area contributed by atoms with E-state index in [2.05, 4.69) is 23.8 Å². The summed E-state index contributed by atoms with van der Waals surface area (Å²) >= 11 is 0. The van der Waals surface area contributed by atoms with E-state index in [0.29, 0.717) is 12.1 Å². The van der Waals surface area contributed by atoms with Gasteiger partial charge in [0.1, 0.15) is 0 Å². The molecule has 0 spiro atoms. The third-order valence-electron chi connectivity index (χ3n) is 3.95. The van der Waals surface area contributed by atoms with Gasteiger partial charge in [0.25, 0.3) is 5.91 Å². The van der Waals surface area contributed by atoms with Crippen LogP contribution in [0.25, 0.3) is 0 Å². The molecule has 2 rings (SSSR count). The van der Waals surface area contributed by atoms with Gasteiger partial charge in [-0.05, 0) is 38.6 Å². The van der Waals surface area contributed by atoms with Gasteiger partial charge in [-0.3, -0.25) is 4.79 Å². The Hall–Kier alpha value is -1.83. The number of rotatable bonds is 2. The smallest absolute Gasteiger partial charge is 0.255 e. The lowest BCUT2D eigenvalue weighted by Crippen LogP contribution is -2.47. The number of amides is 1. The van der Waals surface area contributed by atoms with Crippen molar-refractivity contribution < 1.29 is 4.79 Å². The van der Waals surface area contributed by atoms with E-state index in [1.54, 1.807) is 0 Å². The van der Waals surface area contributed by atoms with Gasteiger partial charge in [0.15, 0.2) is 0 Å². The molecule has 0 aromatic heterocycles. The molecule has 1 aromatic carbocycles. The second-order valence-corrected chi connectivity index (χ2v) is 5.53. The standard InChI is InChI=1S/C17H23N3O/c1-19-12-6-9-15(13-19)20(2)17(21)16-10-4-3-7-14(16)8-5-11-18/h3-4,7,10,15H,6,9,11-13,18H2,1-2H3. The number of nitrogens with zero attached hydrogens (tertiary/aromatic N) is 2. The first-order valence-corrected chi connectivity index (χ1v) is 7.37. The highest BCUT2D eigenvalue weighted by atomic mass is 16.2. The minimum absolute atomic E-state index is 0.0391. The third-order valence-corrected chi connectivity index (χ3v) is 3.95. The van der Waals surface area contributed by atoms with E-state index in [0.717, 1.165) is 31.5 Å². The molecular formula is C17H23N3O. The molecule has 4 nitrogen and oxygen atoms in total. The van der Waals surface area contributed by atoms with E-state index >= 15 is 0 Å². The zero-order chi connectivity index (χ0) is 15.2. The van der Waals surface area contributed by atoms with Crippen LogP contribution in [0.2, 0.25) is 0 Å². The fraction of sp³-hybridized carbons (Fsp3) is 0.471. The van der Waals surface area contributed by atoms with Crippen molar-refractivity contribution in [3.05, 3.63) is 35.4 Å². The average molecular weight is 285 g/mol. The maximum absolute atomic E-state index is 12.7. The van der Waals surface area contributed by atoms with Crippen molar-refractivity contribution in [2.24, 2.45) is 5.73 Å². The maximum atomic E-state index is 12.7. The number of nitrogens with two attached hydrogens (primary N) is 1. The summed E-state index contributed by atoms with van der Waals surface area (Å²) in [7, 11) is 3.99. The van der Waals surface area contributed by atoms with Crippen LogP contribution in [-0.4, -0.2) is 55.5 Å². The number of benzene rings is 1. The maximum Gasteiger partial charge on any atom is 0.255 e. The number of piperidine rings is 1. The van der Waals surface area contributed by atoms with E-state index in [4.69, 9.17) is 5.73 Å². The highest BCUT2D eigenvalue weighted by molar-refractivity contribution is 5.96. The molecule has 2 N–H and O–H groups in total. The van der Waals surface area contributed by atoms with Crippen molar-refractivity contribution in [3.8, 4) is 11.8 Å². The highest BCUT2D eigenvalue weighted by Gasteiger charge is 2.25. The van der Waals surface area contributed by atoms with E-state index < -0.39 is 0 Å². The van der Waals surface area contributed by atoms with Gasteiger partial charge in [-0.1, -0.05) is 24.0 Å². The summed E-state index contributed by atoms with van der Waals surface area (Å²) in [6, 6.07) is 7.75. The minimum atomic E-state index is 0.0391. The van der Waals surface area contributed by atoms with Crippen molar-refractivity contribution in [1.82, 2.24) is 9.80 Å². The van der Waals surface area contributed by atoms with Crippen LogP contribution < -0.4 is 5.73 Å². The number of hydrogen-bond acceptors (Lipinski definition) is 3. The summed E-state index contributed by atoms with van der Waals surface area (Å²) < 4.78 is 0. The van der Waals surface area contributed by atoms with Gasteiger partial charge >= 0.3 is 0 Å². The molecule has 1 heterocycles. The Balaban J connectivity index is 2.19. The molecule has 0 radical (unpaired) electrons. The molecule has 1 atom stereocenters. The van der Waals surface area contributed by atoms with Crippen LogP contribution in [0.3, 0.4) is 0 Å². The number of likely N-dealkylation sites (N-methyl/N-ethyl adjacent to an activating group) is 2. The highest BCUT2D eigenvalue weighted by Crippen LogP contribution is 2.17. The molecule has 112 valence electrons. The van der Waals surface area contributed by atoms with Gasteiger partial charge in [0.2, 0.25) is 0 Å². The van der Waals surface area contributed by atoms with Crippen LogP contribution in [0.15, 0.2) is 24.3 Å². The third kappa shape index (κ3) is 3.84. The van der Waals surface area contributed by atoms with Crippen LogP contribution in [-0.2, 0) is 0 Å². The Bertz CT molecular complexity index is 559. The van der Waals surface area contributed by atoms with Gasteiger partial charge in [-0.2, -0.15) is 0 Å². The van der Waals surface area contributed by atoms with Gasteiger partial charge in [0.05, 0.1) is 12.1 Å². The fourth-order valence-corrected chi connectivity index (χ4v) is 2.74. The number of hydrogen-bond donors (Lipinski definition) is 1. The van der Waals surface area contributed by atoms with Gasteiger partial charge in [-0.25, -0.2) is 0 Å². The summed E-state index contributed by atoms with van der Waals surface area (Å²) in [5, 5.41) is 0. The van der Waals surface area contributed by atoms with Crippen LogP contribution in [0, 0.1) is 11.8 Å². The van der Waals surface area contributed by atoms with Gasteiger partial charge in [0, 0.05) is 25.2 Å². The molecule has 0 saturated carbocycles. The normalized spacial score (nSPS) is 18.7. The molecule has 1 saturated heterocycles. The van der Waals surface area contributed by atoms with Crippen molar-refractivity contribution in [3.63, 3.8) is 0 Å². The Morgan fingerprint density at radius 1 is 1.48 bits per heavy atom. The number of carbonyl (C=O) groups excluding carboxylic acids is 1. The van der Waals surface area contributed by atoms with Crippen LogP contribution in [0.5, 0.6) is 0 Å². The lowest BCUT2D eigenvalue weighted by Gasteiger charge is -2.36. The van der Waals surface area contributed by atoms with Crippen molar-refractivity contribution in [1.29, 1.82) is 0 Å². The Morgan fingerprint density at radius 3 is 2.95 bits per heavy atom. The molecule has 0 bridgehead atoms. The molecule has 1 amide bonds. The quantitative estimate of drug-likeness (QED) is 0.830. The number of likely N-dealkylation sites (tertiary alicyclic amines) is 1. The zero-order valence-electron chi connectivity index (χ0n) is 12.8. The SMILES string of the molecule is CN1CCCC(N(C)C(=O)c2ccccc2C#CCN)C1. The minimum Gasteiger partial charge on any atom is -0.337 e. The Kier molecular flexibility index (Phi) is 5.38. The van der Waals surface area contributed by atoms with E-state index in [1.165, 1.54) is 0 Å². The fourth-order valence-electron chi connectivity index (χ4n) is 2.74. The summed E-state index contributed by atoms with van der Waals surface area (Å²) in [5.41, 5.74) is 6.83. The lowest BCUT2D eigenvalue weighted by atomic mass is 10.0. The summed E-state index contributed by atoms with van der Waals surface area (Å²) in [6.07, 6.45) is 2.19. The zero-order valence-corrected chi connectivity index (χ0v) is 12.8. The van der Waals surface area contributed by atoms with Crippen molar-refractivity contribution in [2.45, 2.75) is 18.9 Å². The van der Waals surface area contributed by atoms with E-state index in [1.807, 2.05) is 36.2 Å². The Labute approximate surface area is 126 Å². The van der Waals surface area contributed by atoms with E-state index in [-0.39, 0.29) is 11.9 Å². The largest absolute Gasteiger partial charge is 0.337 e. The van der Waals surface area contributed by atoms with Crippen LogP contribution in [0.4, 0.5) is 0 Å². The second-order valence-electron chi connectivity index (χ2n) is 5.53. The Morgan fingerprint density at radius 2 is 2.24 bits per heavy atom. The summed E-state index contributed by atoms with van der Waals surface area (Å²) in [4.78, 5) is 16.9. The van der Waals surface area contributed by atoms with Crippen LogP contribution in [0.1, 0.15) is 28.8 Å². The van der Waals surface area contributed by atoms with Gasteiger partial charge in [-0.15, -0.1) is 0 Å². The molecule has 4 heteroatoms. The molecular weight excluding hydrogens is 262 g/mol. The monoisotopic (exact) mass is 285 g/mol. The summed E-state index contributed by atoms with van der Waals surface area (Å²) in [5.74, 6) is 5.85. The second kappa shape index (κ2) is 7.26. The first-order valence-electron chi connectivity index (χ1n) is 7.37. The first kappa shape index (κ1) is 15.6. The van der Waals surface area contributed by atoms with E-state index in [9.17, 15) is 4.79 Å². The number of carbonyl (C=O) groups is 1. The molecule has 1 aromatic rings. The molecule has 21 heavy (non-hydrogen) atoms. The molecule has 1 unspecified atom stereocenters. The average Bonchev–Trinajstić information content (AvgIpc) is 2.51.